The highest BCUT2D eigenvalue weighted by molar-refractivity contribution is 6.07. The Morgan fingerprint density at radius 2 is 1.53 bits per heavy atom. The van der Waals surface area contributed by atoms with Crippen molar-refractivity contribution < 1.29 is 23.9 Å². The number of nitrogens with zero attached hydrogens (tertiary/aromatic N) is 2. The van der Waals surface area contributed by atoms with Crippen LogP contribution in [0.25, 0.3) is 0 Å². The smallest absolute Gasteiger partial charge is 0.245 e. The van der Waals surface area contributed by atoms with Gasteiger partial charge in [-0.05, 0) is 94.7 Å². The summed E-state index contributed by atoms with van der Waals surface area (Å²) in [5.41, 5.74) is 1.16. The number of rotatable bonds is 13. The van der Waals surface area contributed by atoms with Crippen molar-refractivity contribution in [2.45, 2.75) is 52.1 Å². The molecule has 0 aromatic heterocycles. The zero-order valence-corrected chi connectivity index (χ0v) is 21.4. The van der Waals surface area contributed by atoms with Crippen LogP contribution in [0, 0.1) is 5.92 Å². The zero-order valence-electron chi connectivity index (χ0n) is 21.4. The van der Waals surface area contributed by atoms with Crippen LogP contribution in [0.5, 0.6) is 11.5 Å². The van der Waals surface area contributed by atoms with Gasteiger partial charge in [0.2, 0.25) is 5.91 Å². The van der Waals surface area contributed by atoms with E-state index in [1.165, 1.54) is 6.21 Å². The molecular formula is C29H36N2O5. The van der Waals surface area contributed by atoms with Gasteiger partial charge in [-0.25, -0.2) is 4.99 Å². The molecule has 3 rings (SSSR count). The molecule has 7 nitrogen and oxygen atoms in total. The minimum atomic E-state index is -0.506. The summed E-state index contributed by atoms with van der Waals surface area (Å²) in [7, 11) is 1.58. The number of carbonyl (C=O) groups is 3. The molecule has 1 unspecified atom stereocenters. The van der Waals surface area contributed by atoms with E-state index in [0.717, 1.165) is 31.7 Å². The molecule has 192 valence electrons. The highest BCUT2D eigenvalue weighted by Crippen LogP contribution is 2.18. The first-order valence-electron chi connectivity index (χ1n) is 12.6. The van der Waals surface area contributed by atoms with Crippen LogP contribution < -0.4 is 9.47 Å². The number of likely N-dealkylation sites (tertiary alicyclic amines) is 1. The Morgan fingerprint density at radius 1 is 0.917 bits per heavy atom. The van der Waals surface area contributed by atoms with Crippen LogP contribution in [0.2, 0.25) is 0 Å². The average molecular weight is 493 g/mol. The summed E-state index contributed by atoms with van der Waals surface area (Å²) in [5, 5.41) is 0. The summed E-state index contributed by atoms with van der Waals surface area (Å²) in [6.07, 6.45) is 4.60. The topological polar surface area (TPSA) is 85.3 Å². The lowest BCUT2D eigenvalue weighted by Gasteiger charge is -2.19. The largest absolute Gasteiger partial charge is 0.497 e. The predicted molar refractivity (Wildman–Crippen MR) is 140 cm³/mol. The number of ether oxygens (including phenoxy) is 2. The number of Topliss-reactive ketones (excluding diaryl/α,β-unsaturated/α-hetero) is 2. The van der Waals surface area contributed by atoms with Crippen molar-refractivity contribution in [3.8, 4) is 11.5 Å². The van der Waals surface area contributed by atoms with Gasteiger partial charge in [0.25, 0.3) is 0 Å². The average Bonchev–Trinajstić information content (AvgIpc) is 3.39. The van der Waals surface area contributed by atoms with E-state index in [1.807, 2.05) is 13.8 Å². The number of hydrogen-bond acceptors (Lipinski definition) is 6. The Balaban J connectivity index is 1.54. The Hall–Kier alpha value is -3.32. The first kappa shape index (κ1) is 27.3. The third-order valence-electron chi connectivity index (χ3n) is 6.11. The second-order valence-corrected chi connectivity index (χ2v) is 9.35. The van der Waals surface area contributed by atoms with Crippen molar-refractivity contribution in [1.82, 2.24) is 4.90 Å². The second-order valence-electron chi connectivity index (χ2n) is 9.35. The van der Waals surface area contributed by atoms with Gasteiger partial charge >= 0.3 is 0 Å². The molecule has 0 spiro atoms. The van der Waals surface area contributed by atoms with Crippen LogP contribution in [0.1, 0.15) is 66.7 Å². The number of amides is 1. The van der Waals surface area contributed by atoms with Crippen LogP contribution >= 0.6 is 0 Å². The van der Waals surface area contributed by atoms with Gasteiger partial charge in [0, 0.05) is 36.7 Å². The van der Waals surface area contributed by atoms with E-state index >= 15 is 0 Å². The molecule has 0 radical (unpaired) electrons. The maximum absolute atomic E-state index is 13.2. The number of carbonyl (C=O) groups excluding carboxylic acids is 3. The van der Waals surface area contributed by atoms with Gasteiger partial charge in [-0.1, -0.05) is 0 Å². The molecule has 1 fully saturated rings. The normalized spacial score (nSPS) is 14.8. The van der Waals surface area contributed by atoms with E-state index in [2.05, 4.69) is 9.89 Å². The van der Waals surface area contributed by atoms with E-state index in [1.54, 1.807) is 55.6 Å². The first-order chi connectivity index (χ1) is 17.4. The van der Waals surface area contributed by atoms with Gasteiger partial charge in [-0.3, -0.25) is 14.4 Å². The molecule has 36 heavy (non-hydrogen) atoms. The number of ketones is 2. The molecule has 0 bridgehead atoms. The molecule has 2 aromatic carbocycles. The van der Waals surface area contributed by atoms with Gasteiger partial charge in [0.15, 0.2) is 11.6 Å². The van der Waals surface area contributed by atoms with E-state index < -0.39 is 5.92 Å². The fourth-order valence-electron chi connectivity index (χ4n) is 4.18. The molecule has 0 saturated carbocycles. The van der Waals surface area contributed by atoms with Crippen molar-refractivity contribution >= 4 is 23.7 Å². The molecule has 2 aromatic rings. The number of benzene rings is 2. The molecule has 1 heterocycles. The highest BCUT2D eigenvalue weighted by atomic mass is 16.5. The third kappa shape index (κ3) is 8.41. The zero-order chi connectivity index (χ0) is 25.9. The van der Waals surface area contributed by atoms with Crippen molar-refractivity contribution in [2.75, 3.05) is 26.7 Å². The number of methoxy groups -OCH3 is 1. The van der Waals surface area contributed by atoms with Crippen LogP contribution in [-0.4, -0.2) is 61.4 Å². The fourth-order valence-corrected chi connectivity index (χ4v) is 4.18. The van der Waals surface area contributed by atoms with Crippen molar-refractivity contribution in [2.24, 2.45) is 10.9 Å². The SMILES string of the molecule is COc1ccc(C(=O)C(C=NC(=O)CCCC(=O)c2ccc(OC(C)C)cc2)CN2CCCC2)cc1. The van der Waals surface area contributed by atoms with Crippen LogP contribution in [0.15, 0.2) is 53.5 Å². The molecule has 1 amide bonds. The van der Waals surface area contributed by atoms with Crippen LogP contribution in [0.4, 0.5) is 0 Å². The lowest BCUT2D eigenvalue weighted by Crippen LogP contribution is -2.32. The molecule has 0 aliphatic carbocycles. The molecule has 1 aliphatic heterocycles. The lowest BCUT2D eigenvalue weighted by atomic mass is 9.98. The monoisotopic (exact) mass is 492 g/mol. The van der Waals surface area contributed by atoms with E-state index in [9.17, 15) is 14.4 Å². The summed E-state index contributed by atoms with van der Waals surface area (Å²) < 4.78 is 10.8. The summed E-state index contributed by atoms with van der Waals surface area (Å²) in [6.45, 7) is 6.32. The maximum atomic E-state index is 13.2. The maximum Gasteiger partial charge on any atom is 0.245 e. The van der Waals surface area contributed by atoms with E-state index in [-0.39, 0.29) is 36.4 Å². The summed E-state index contributed by atoms with van der Waals surface area (Å²) in [5.74, 6) is 0.483. The molecule has 1 aliphatic rings. The Morgan fingerprint density at radius 3 is 2.14 bits per heavy atom. The number of aliphatic imine (C=N–C) groups is 1. The van der Waals surface area contributed by atoms with Crippen molar-refractivity contribution in [3.05, 3.63) is 59.7 Å². The van der Waals surface area contributed by atoms with Crippen LogP contribution in [0.3, 0.4) is 0 Å². The molecule has 7 heteroatoms. The standard InChI is InChI=1S/C29H36N2O5/c1-21(2)36-26-15-9-22(10-16-26)27(32)7-6-8-28(33)30-19-24(20-31-17-4-5-18-31)29(34)23-11-13-25(35-3)14-12-23/h9-16,19,21,24H,4-8,17-18,20H2,1-3H3. The van der Waals surface area contributed by atoms with Gasteiger partial charge in [-0.2, -0.15) is 0 Å². The molecule has 0 N–H and O–H groups in total. The predicted octanol–water partition coefficient (Wildman–Crippen LogP) is 5.03. The highest BCUT2D eigenvalue weighted by Gasteiger charge is 2.23. The fraction of sp³-hybridized carbons (Fsp3) is 0.448. The van der Waals surface area contributed by atoms with Crippen molar-refractivity contribution in [3.63, 3.8) is 0 Å². The first-order valence-corrected chi connectivity index (χ1v) is 12.6. The summed E-state index contributed by atoms with van der Waals surface area (Å²) in [6, 6.07) is 14.0. The second kappa shape index (κ2) is 13.7. The number of hydrogen-bond donors (Lipinski definition) is 0. The summed E-state index contributed by atoms with van der Waals surface area (Å²) in [4.78, 5) is 44.4. The molecule has 1 atom stereocenters. The third-order valence-corrected chi connectivity index (χ3v) is 6.11. The van der Waals surface area contributed by atoms with Gasteiger partial charge in [0.05, 0.1) is 19.1 Å². The summed E-state index contributed by atoms with van der Waals surface area (Å²) >= 11 is 0. The lowest BCUT2D eigenvalue weighted by molar-refractivity contribution is -0.117. The van der Waals surface area contributed by atoms with Gasteiger partial charge < -0.3 is 14.4 Å². The Kier molecular flexibility index (Phi) is 10.4. The van der Waals surface area contributed by atoms with Crippen LogP contribution in [-0.2, 0) is 4.79 Å². The quantitative estimate of drug-likeness (QED) is 0.288. The minimum Gasteiger partial charge on any atom is -0.497 e. The van der Waals surface area contributed by atoms with Gasteiger partial charge in [-0.15, -0.1) is 0 Å². The molecule has 1 saturated heterocycles. The van der Waals surface area contributed by atoms with E-state index in [0.29, 0.717) is 29.8 Å². The van der Waals surface area contributed by atoms with Crippen molar-refractivity contribution in [1.29, 1.82) is 0 Å². The van der Waals surface area contributed by atoms with E-state index in [4.69, 9.17) is 9.47 Å². The minimum absolute atomic E-state index is 0.0236. The van der Waals surface area contributed by atoms with Gasteiger partial charge in [0.1, 0.15) is 11.5 Å². The Labute approximate surface area is 213 Å². The Bertz CT molecular complexity index is 1040. The molecular weight excluding hydrogens is 456 g/mol.